The Morgan fingerprint density at radius 2 is 2.17 bits per heavy atom. The summed E-state index contributed by atoms with van der Waals surface area (Å²) in [4.78, 5) is 19.0. The van der Waals surface area contributed by atoms with Crippen molar-refractivity contribution in [2.24, 2.45) is 0 Å². The molecule has 1 N–H and O–H groups in total. The monoisotopic (exact) mass is 338 g/mol. The number of hydroxylamine groups is 2. The lowest BCUT2D eigenvalue weighted by Gasteiger charge is -2.29. The normalized spacial score (nSPS) is 31.7. The van der Waals surface area contributed by atoms with Crippen LogP contribution in [0.5, 0.6) is 0 Å². The first kappa shape index (κ1) is 15.8. The molecule has 7 nitrogen and oxygen atoms in total. The molecule has 3 saturated heterocycles. The Morgan fingerprint density at radius 1 is 1.38 bits per heavy atom. The van der Waals surface area contributed by atoms with Crippen molar-refractivity contribution in [1.82, 2.24) is 9.96 Å². The number of halogens is 1. The number of carbonyl (C=O) groups is 1. The topological polar surface area (TPSA) is 63.3 Å². The Kier molecular flexibility index (Phi) is 3.72. The minimum atomic E-state index is -0.918. The number of ether oxygens (including phenoxy) is 2. The van der Waals surface area contributed by atoms with E-state index in [4.69, 9.17) is 14.3 Å². The summed E-state index contributed by atoms with van der Waals surface area (Å²) in [6, 6.07) is 5.17. The van der Waals surface area contributed by atoms with E-state index in [1.54, 1.807) is 6.07 Å². The first-order chi connectivity index (χ1) is 11.6. The third kappa shape index (κ3) is 2.37. The van der Waals surface area contributed by atoms with Crippen LogP contribution in [0.3, 0.4) is 0 Å². The molecule has 4 rings (SSSR count). The van der Waals surface area contributed by atoms with Gasteiger partial charge in [0.15, 0.2) is 11.5 Å². The van der Waals surface area contributed by atoms with E-state index in [-0.39, 0.29) is 22.9 Å². The number of morpholine rings is 1. The Morgan fingerprint density at radius 3 is 2.88 bits per heavy atom. The second-order valence-corrected chi connectivity index (χ2v) is 6.26. The first-order valence-corrected chi connectivity index (χ1v) is 8.16. The number of quaternary nitrogens is 1. The molecular weight excluding hydrogens is 317 g/mol. The third-order valence-electron chi connectivity index (χ3n) is 4.81. The molecule has 3 aliphatic heterocycles. The highest BCUT2D eigenvalue weighted by Crippen LogP contribution is 2.53. The summed E-state index contributed by atoms with van der Waals surface area (Å²) in [6.45, 7) is 5.37. The molecule has 0 saturated carbocycles. The molecule has 8 heteroatoms. The largest absolute Gasteiger partial charge is 0.419 e. The van der Waals surface area contributed by atoms with Crippen molar-refractivity contribution < 1.29 is 23.5 Å². The van der Waals surface area contributed by atoms with Crippen LogP contribution in [0.4, 0.5) is 15.8 Å². The molecule has 3 fully saturated rings. The van der Waals surface area contributed by atoms with Crippen LogP contribution in [-0.2, 0) is 19.1 Å². The van der Waals surface area contributed by atoms with Crippen molar-refractivity contribution >= 4 is 17.3 Å². The molecule has 0 radical (unpaired) electrons. The SMILES string of the molecule is CC(=O)NC[C@@]12OCC[N@@+]1(c1ccc(N3CCOCC3)c(F)c1)O2. The minimum Gasteiger partial charge on any atom is -0.378 e. The second kappa shape index (κ2) is 5.66. The van der Waals surface area contributed by atoms with Crippen LogP contribution >= 0.6 is 0 Å². The molecule has 0 aliphatic carbocycles. The smallest absolute Gasteiger partial charge is 0.378 e. The summed E-state index contributed by atoms with van der Waals surface area (Å²) in [5.74, 6) is -1.35. The highest BCUT2D eigenvalue weighted by molar-refractivity contribution is 5.73. The third-order valence-corrected chi connectivity index (χ3v) is 4.81. The molecule has 3 heterocycles. The second-order valence-electron chi connectivity index (χ2n) is 6.26. The van der Waals surface area contributed by atoms with Gasteiger partial charge >= 0.3 is 5.91 Å². The van der Waals surface area contributed by atoms with E-state index >= 15 is 0 Å². The van der Waals surface area contributed by atoms with Gasteiger partial charge in [-0.3, -0.25) is 9.53 Å². The number of nitrogens with zero attached hydrogens (tertiary/aromatic N) is 2. The molecule has 1 aromatic carbocycles. The molecule has 1 aromatic rings. The van der Waals surface area contributed by atoms with Crippen LogP contribution in [0.1, 0.15) is 6.92 Å². The molecule has 130 valence electrons. The molecule has 0 bridgehead atoms. The summed E-state index contributed by atoms with van der Waals surface area (Å²) in [7, 11) is 0. The predicted molar refractivity (Wildman–Crippen MR) is 84.5 cm³/mol. The number of nitrogens with one attached hydrogen (secondary N) is 1. The van der Waals surface area contributed by atoms with Crippen LogP contribution in [-0.4, -0.2) is 57.8 Å². The maximum absolute atomic E-state index is 14.7. The summed E-state index contributed by atoms with van der Waals surface area (Å²) in [5.41, 5.74) is 1.28. The van der Waals surface area contributed by atoms with Crippen molar-refractivity contribution in [2.75, 3.05) is 50.9 Å². The van der Waals surface area contributed by atoms with E-state index in [2.05, 4.69) is 5.32 Å². The van der Waals surface area contributed by atoms with E-state index in [1.807, 2.05) is 11.0 Å². The fraction of sp³-hybridized carbons (Fsp3) is 0.562. The fourth-order valence-corrected chi connectivity index (χ4v) is 3.51. The Labute approximate surface area is 139 Å². The number of fused-ring (bicyclic) bond motifs is 1. The molecule has 0 aromatic heterocycles. The van der Waals surface area contributed by atoms with E-state index < -0.39 is 5.91 Å². The number of hydrogen-bond acceptors (Lipinski definition) is 5. The van der Waals surface area contributed by atoms with E-state index in [0.717, 1.165) is 0 Å². The molecule has 3 aliphatic rings. The maximum Gasteiger partial charge on any atom is 0.419 e. The maximum atomic E-state index is 14.7. The number of amides is 1. The quantitative estimate of drug-likeness (QED) is 0.648. The highest BCUT2D eigenvalue weighted by atomic mass is 19.1. The Balaban J connectivity index is 1.56. The minimum absolute atomic E-state index is 0.105. The lowest BCUT2D eigenvalue weighted by molar-refractivity contribution is -0.120. The van der Waals surface area contributed by atoms with Gasteiger partial charge in [0.2, 0.25) is 5.91 Å². The van der Waals surface area contributed by atoms with Gasteiger partial charge in [-0.15, -0.1) is 0 Å². The summed E-state index contributed by atoms with van der Waals surface area (Å²) in [6.07, 6.45) is 0. The van der Waals surface area contributed by atoms with Crippen molar-refractivity contribution in [3.63, 3.8) is 0 Å². The number of anilines is 1. The van der Waals surface area contributed by atoms with Crippen molar-refractivity contribution in [3.05, 3.63) is 24.0 Å². The van der Waals surface area contributed by atoms with Crippen molar-refractivity contribution in [2.45, 2.75) is 12.8 Å². The van der Waals surface area contributed by atoms with Gasteiger partial charge in [0.05, 0.1) is 18.9 Å². The first-order valence-electron chi connectivity index (χ1n) is 8.16. The Hall–Kier alpha value is -1.74. The van der Waals surface area contributed by atoms with Crippen LogP contribution < -0.4 is 14.9 Å². The van der Waals surface area contributed by atoms with E-state index in [9.17, 15) is 9.18 Å². The van der Waals surface area contributed by atoms with Crippen LogP contribution in [0, 0.1) is 5.82 Å². The molecule has 24 heavy (non-hydrogen) atoms. The molecule has 0 spiro atoms. The van der Waals surface area contributed by atoms with Gasteiger partial charge in [-0.1, -0.05) is 9.48 Å². The number of hydrogen-bond donors (Lipinski definition) is 1. The molecule has 0 unspecified atom stereocenters. The molecule has 2 atom stereocenters. The van der Waals surface area contributed by atoms with Gasteiger partial charge in [0, 0.05) is 32.1 Å². The standard InChI is InChI=1S/C16H20FN3O4/c1-12(21)18-11-16-20(24-16,6-9-23-16)13-2-3-15(14(17)10-13)19-4-7-22-8-5-19/h2-3,10H,4-9,11H2,1H3/p+1/t16-,20-/m0/s1. The van der Waals surface area contributed by atoms with Crippen LogP contribution in [0.2, 0.25) is 0 Å². The van der Waals surface area contributed by atoms with Gasteiger partial charge in [-0.2, -0.15) is 0 Å². The zero-order valence-corrected chi connectivity index (χ0v) is 13.6. The fourth-order valence-electron chi connectivity index (χ4n) is 3.51. The summed E-state index contributed by atoms with van der Waals surface area (Å²) < 4.78 is 25.8. The Bertz CT molecular complexity index is 667. The van der Waals surface area contributed by atoms with E-state index in [1.165, 1.54) is 13.0 Å². The van der Waals surface area contributed by atoms with Gasteiger partial charge in [-0.05, 0) is 6.07 Å². The van der Waals surface area contributed by atoms with Crippen LogP contribution in [0.25, 0.3) is 0 Å². The van der Waals surface area contributed by atoms with Gasteiger partial charge in [0.25, 0.3) is 0 Å². The molecular formula is C16H21FN3O4+. The zero-order valence-electron chi connectivity index (χ0n) is 13.6. The summed E-state index contributed by atoms with van der Waals surface area (Å²) in [5, 5.41) is 2.72. The number of rotatable bonds is 4. The average Bonchev–Trinajstić information content (AvgIpc) is 3.10. The van der Waals surface area contributed by atoms with Gasteiger partial charge < -0.3 is 15.0 Å². The highest BCUT2D eigenvalue weighted by Gasteiger charge is 2.81. The van der Waals surface area contributed by atoms with Gasteiger partial charge in [0.1, 0.15) is 19.7 Å². The molecule has 1 amide bonds. The van der Waals surface area contributed by atoms with E-state index in [0.29, 0.717) is 50.8 Å². The van der Waals surface area contributed by atoms with Crippen LogP contribution in [0.15, 0.2) is 18.2 Å². The zero-order chi connectivity index (χ0) is 16.8. The van der Waals surface area contributed by atoms with Gasteiger partial charge in [-0.25, -0.2) is 4.39 Å². The summed E-state index contributed by atoms with van der Waals surface area (Å²) >= 11 is 0. The lowest BCUT2D eigenvalue weighted by atomic mass is 10.2. The average molecular weight is 338 g/mol. The lowest BCUT2D eigenvalue weighted by Crippen LogP contribution is -2.41. The van der Waals surface area contributed by atoms with Crippen molar-refractivity contribution in [1.29, 1.82) is 0 Å². The number of carbonyl (C=O) groups excluding carboxylic acids is 1. The number of benzene rings is 1. The van der Waals surface area contributed by atoms with Crippen molar-refractivity contribution in [3.8, 4) is 0 Å². The predicted octanol–water partition coefficient (Wildman–Crippen LogP) is 0.735.